The van der Waals surface area contributed by atoms with Crippen molar-refractivity contribution >= 4 is 11.5 Å². The summed E-state index contributed by atoms with van der Waals surface area (Å²) in [6.07, 6.45) is 2.04. The van der Waals surface area contributed by atoms with E-state index in [4.69, 9.17) is 5.10 Å². The number of hydrogen-bond acceptors (Lipinski definition) is 2. The predicted octanol–water partition coefficient (Wildman–Crippen LogP) is 5.69. The number of hydrogen-bond donors (Lipinski definition) is 1. The second-order valence-corrected chi connectivity index (χ2v) is 7.07. The minimum absolute atomic E-state index is 0.993. The molecule has 3 aromatic carbocycles. The highest BCUT2D eigenvalue weighted by Crippen LogP contribution is 2.38. The number of rotatable bonds is 3. The third kappa shape index (κ3) is 2.81. The van der Waals surface area contributed by atoms with E-state index in [0.29, 0.717) is 0 Å². The first kappa shape index (κ1) is 15.9. The molecule has 132 valence electrons. The van der Waals surface area contributed by atoms with Crippen molar-refractivity contribution in [1.82, 2.24) is 9.78 Å². The zero-order chi connectivity index (χ0) is 18.2. The van der Waals surface area contributed by atoms with Crippen molar-refractivity contribution in [3.05, 3.63) is 95.6 Å². The fraction of sp³-hybridized carbons (Fsp3) is 0.125. The van der Waals surface area contributed by atoms with E-state index < -0.39 is 0 Å². The monoisotopic (exact) mass is 351 g/mol. The second-order valence-electron chi connectivity index (χ2n) is 7.07. The summed E-state index contributed by atoms with van der Waals surface area (Å²) in [5.74, 6) is 1.06. The molecule has 0 saturated heterocycles. The summed E-state index contributed by atoms with van der Waals surface area (Å²) in [4.78, 5) is 0. The van der Waals surface area contributed by atoms with E-state index in [-0.39, 0.29) is 0 Å². The molecule has 5 rings (SSSR count). The molecular formula is C24H21N3. The molecular weight excluding hydrogens is 330 g/mol. The van der Waals surface area contributed by atoms with Gasteiger partial charge in [0.05, 0.1) is 11.4 Å². The molecule has 4 aromatic rings. The maximum absolute atomic E-state index is 5.04. The summed E-state index contributed by atoms with van der Waals surface area (Å²) in [6, 6.07) is 27.5. The van der Waals surface area contributed by atoms with Crippen molar-refractivity contribution < 1.29 is 0 Å². The fourth-order valence-corrected chi connectivity index (χ4v) is 3.79. The van der Waals surface area contributed by atoms with E-state index in [2.05, 4.69) is 89.7 Å². The van der Waals surface area contributed by atoms with Crippen LogP contribution in [-0.4, -0.2) is 9.78 Å². The summed E-state index contributed by atoms with van der Waals surface area (Å²) in [6.45, 7) is 2.11. The van der Waals surface area contributed by atoms with Crippen LogP contribution in [0.25, 0.3) is 16.9 Å². The topological polar surface area (TPSA) is 29.9 Å². The number of aryl methyl sites for hydroxylation is 2. The van der Waals surface area contributed by atoms with Crippen molar-refractivity contribution in [2.75, 3.05) is 5.32 Å². The maximum Gasteiger partial charge on any atom is 0.138 e. The minimum Gasteiger partial charge on any atom is -0.340 e. The van der Waals surface area contributed by atoms with E-state index in [1.54, 1.807) is 0 Å². The summed E-state index contributed by atoms with van der Waals surface area (Å²) < 4.78 is 2.05. The average molecular weight is 351 g/mol. The van der Waals surface area contributed by atoms with Gasteiger partial charge in [-0.05, 0) is 49.6 Å². The van der Waals surface area contributed by atoms with Crippen LogP contribution in [0.15, 0.2) is 78.9 Å². The van der Waals surface area contributed by atoms with E-state index in [9.17, 15) is 0 Å². The van der Waals surface area contributed by atoms with Crippen molar-refractivity contribution in [3.63, 3.8) is 0 Å². The smallest absolute Gasteiger partial charge is 0.138 e. The van der Waals surface area contributed by atoms with Gasteiger partial charge in [-0.25, -0.2) is 4.68 Å². The van der Waals surface area contributed by atoms with Crippen molar-refractivity contribution in [1.29, 1.82) is 0 Å². The van der Waals surface area contributed by atoms with Crippen LogP contribution < -0.4 is 5.32 Å². The van der Waals surface area contributed by atoms with Gasteiger partial charge in [-0.3, -0.25) is 0 Å². The van der Waals surface area contributed by atoms with Crippen molar-refractivity contribution in [3.8, 4) is 16.9 Å². The van der Waals surface area contributed by atoms with Crippen LogP contribution in [-0.2, 0) is 12.8 Å². The number of anilines is 2. The Hall–Kier alpha value is -3.33. The Morgan fingerprint density at radius 3 is 2.37 bits per heavy atom. The molecule has 0 fully saturated rings. The molecule has 0 saturated carbocycles. The zero-order valence-electron chi connectivity index (χ0n) is 15.3. The Morgan fingerprint density at radius 1 is 0.815 bits per heavy atom. The van der Waals surface area contributed by atoms with Crippen LogP contribution in [0.5, 0.6) is 0 Å². The number of nitrogens with zero attached hydrogens (tertiary/aromatic N) is 2. The second kappa shape index (κ2) is 6.44. The molecule has 1 aromatic heterocycles. The number of aromatic nitrogens is 2. The van der Waals surface area contributed by atoms with Crippen LogP contribution in [0, 0.1) is 6.92 Å². The lowest BCUT2D eigenvalue weighted by Crippen LogP contribution is -2.05. The first-order valence-electron chi connectivity index (χ1n) is 9.39. The van der Waals surface area contributed by atoms with Crippen LogP contribution in [0.1, 0.15) is 16.7 Å². The molecule has 0 bridgehead atoms. The predicted molar refractivity (Wildman–Crippen MR) is 111 cm³/mol. The van der Waals surface area contributed by atoms with E-state index in [0.717, 1.165) is 35.7 Å². The lowest BCUT2D eigenvalue weighted by Gasteiger charge is -2.16. The SMILES string of the molecule is Cc1ccc(-n2nc3c(c2Nc2ccccc2)CCc2ccccc2-3)cc1. The quantitative estimate of drug-likeness (QED) is 0.514. The van der Waals surface area contributed by atoms with Crippen LogP contribution in [0.4, 0.5) is 11.5 Å². The standard InChI is InChI=1S/C24H21N3/c1-17-11-14-20(15-12-17)27-24(25-19-8-3-2-4-9-19)22-16-13-18-7-5-6-10-21(18)23(22)26-27/h2-12,14-15,25H,13,16H2,1H3. The molecule has 0 amide bonds. The normalized spacial score (nSPS) is 12.3. The molecule has 1 N–H and O–H groups in total. The maximum atomic E-state index is 5.04. The summed E-state index contributed by atoms with van der Waals surface area (Å²) in [7, 11) is 0. The van der Waals surface area contributed by atoms with Gasteiger partial charge in [-0.2, -0.15) is 5.10 Å². The van der Waals surface area contributed by atoms with Gasteiger partial charge in [0, 0.05) is 16.8 Å². The summed E-state index contributed by atoms with van der Waals surface area (Å²) in [5, 5.41) is 8.67. The van der Waals surface area contributed by atoms with Gasteiger partial charge >= 0.3 is 0 Å². The Kier molecular flexibility index (Phi) is 3.79. The first-order chi connectivity index (χ1) is 13.3. The van der Waals surface area contributed by atoms with E-state index in [1.807, 2.05) is 6.07 Å². The first-order valence-corrected chi connectivity index (χ1v) is 9.39. The molecule has 3 nitrogen and oxygen atoms in total. The van der Waals surface area contributed by atoms with E-state index in [1.165, 1.54) is 22.3 Å². The number of para-hydroxylation sites is 1. The Morgan fingerprint density at radius 2 is 1.56 bits per heavy atom. The highest BCUT2D eigenvalue weighted by atomic mass is 15.3. The van der Waals surface area contributed by atoms with Crippen LogP contribution in [0.3, 0.4) is 0 Å². The Labute approximate surface area is 159 Å². The third-order valence-corrected chi connectivity index (χ3v) is 5.22. The number of fused-ring (bicyclic) bond motifs is 3. The van der Waals surface area contributed by atoms with Gasteiger partial charge in [-0.15, -0.1) is 0 Å². The molecule has 3 heteroatoms. The third-order valence-electron chi connectivity index (χ3n) is 5.22. The zero-order valence-corrected chi connectivity index (χ0v) is 15.3. The van der Waals surface area contributed by atoms with Gasteiger partial charge in [0.2, 0.25) is 0 Å². The molecule has 1 aliphatic carbocycles. The lowest BCUT2D eigenvalue weighted by atomic mass is 9.90. The Bertz CT molecular complexity index is 1090. The fourth-order valence-electron chi connectivity index (χ4n) is 3.79. The highest BCUT2D eigenvalue weighted by molar-refractivity contribution is 5.77. The van der Waals surface area contributed by atoms with Gasteiger partial charge in [0.25, 0.3) is 0 Å². The van der Waals surface area contributed by atoms with Crippen molar-refractivity contribution in [2.24, 2.45) is 0 Å². The van der Waals surface area contributed by atoms with E-state index >= 15 is 0 Å². The largest absolute Gasteiger partial charge is 0.340 e. The molecule has 1 heterocycles. The molecule has 0 atom stereocenters. The average Bonchev–Trinajstić information content (AvgIpc) is 3.08. The van der Waals surface area contributed by atoms with Gasteiger partial charge in [0.1, 0.15) is 5.82 Å². The van der Waals surface area contributed by atoms with Gasteiger partial charge in [-0.1, -0.05) is 60.2 Å². The molecule has 0 aliphatic heterocycles. The molecule has 27 heavy (non-hydrogen) atoms. The summed E-state index contributed by atoms with van der Waals surface area (Å²) >= 11 is 0. The van der Waals surface area contributed by atoms with Gasteiger partial charge < -0.3 is 5.32 Å². The minimum atomic E-state index is 0.993. The van der Waals surface area contributed by atoms with Crippen LogP contribution in [0.2, 0.25) is 0 Å². The lowest BCUT2D eigenvalue weighted by molar-refractivity contribution is 0.891. The molecule has 0 spiro atoms. The number of nitrogens with one attached hydrogen (secondary N) is 1. The summed E-state index contributed by atoms with van der Waals surface area (Å²) in [5.41, 5.74) is 8.41. The van der Waals surface area contributed by atoms with Gasteiger partial charge in [0.15, 0.2) is 0 Å². The molecule has 1 aliphatic rings. The number of benzene rings is 3. The Balaban J connectivity index is 1.70. The van der Waals surface area contributed by atoms with Crippen molar-refractivity contribution in [2.45, 2.75) is 19.8 Å². The van der Waals surface area contributed by atoms with Crippen LogP contribution >= 0.6 is 0 Å². The highest BCUT2D eigenvalue weighted by Gasteiger charge is 2.25. The molecule has 0 radical (unpaired) electrons. The molecule has 0 unspecified atom stereocenters.